The van der Waals surface area contributed by atoms with E-state index in [0.29, 0.717) is 17.3 Å². The minimum absolute atomic E-state index is 0.0124. The number of benzene rings is 2. The SMILES string of the molecule is COc1ccc(CCNC(=O)CSc2ccccc2Cl)cc1. The Morgan fingerprint density at radius 1 is 1.18 bits per heavy atom. The van der Waals surface area contributed by atoms with Gasteiger partial charge in [0.15, 0.2) is 0 Å². The van der Waals surface area contributed by atoms with Crippen molar-refractivity contribution in [1.82, 2.24) is 5.32 Å². The van der Waals surface area contributed by atoms with Crippen LogP contribution in [0.5, 0.6) is 5.75 Å². The van der Waals surface area contributed by atoms with E-state index in [1.807, 2.05) is 48.5 Å². The highest BCUT2D eigenvalue weighted by Gasteiger charge is 2.05. The molecule has 5 heteroatoms. The molecule has 0 spiro atoms. The van der Waals surface area contributed by atoms with E-state index in [0.717, 1.165) is 17.1 Å². The van der Waals surface area contributed by atoms with Gasteiger partial charge < -0.3 is 10.1 Å². The van der Waals surface area contributed by atoms with E-state index in [9.17, 15) is 4.79 Å². The maximum absolute atomic E-state index is 11.8. The molecule has 0 unspecified atom stereocenters. The van der Waals surface area contributed by atoms with Gasteiger partial charge in [-0.15, -0.1) is 11.8 Å². The van der Waals surface area contributed by atoms with Gasteiger partial charge in [0, 0.05) is 11.4 Å². The van der Waals surface area contributed by atoms with E-state index >= 15 is 0 Å². The van der Waals surface area contributed by atoms with Crippen LogP contribution in [0.1, 0.15) is 5.56 Å². The first-order chi connectivity index (χ1) is 10.7. The lowest BCUT2D eigenvalue weighted by atomic mass is 10.1. The Hall–Kier alpha value is -1.65. The van der Waals surface area contributed by atoms with E-state index in [2.05, 4.69) is 5.32 Å². The molecule has 0 aliphatic carbocycles. The molecule has 0 aliphatic heterocycles. The lowest BCUT2D eigenvalue weighted by molar-refractivity contribution is -0.118. The first-order valence-corrected chi connectivity index (χ1v) is 8.32. The minimum atomic E-state index is 0.0124. The highest BCUT2D eigenvalue weighted by atomic mass is 35.5. The van der Waals surface area contributed by atoms with Crippen LogP contribution in [0.2, 0.25) is 5.02 Å². The van der Waals surface area contributed by atoms with Gasteiger partial charge in [0.05, 0.1) is 17.9 Å². The Labute approximate surface area is 140 Å². The molecular weight excluding hydrogens is 318 g/mol. The van der Waals surface area contributed by atoms with E-state index < -0.39 is 0 Å². The molecule has 2 aromatic carbocycles. The fraction of sp³-hybridized carbons (Fsp3) is 0.235. The Balaban J connectivity index is 1.70. The average Bonchev–Trinajstić information content (AvgIpc) is 2.55. The number of methoxy groups -OCH3 is 1. The summed E-state index contributed by atoms with van der Waals surface area (Å²) >= 11 is 7.50. The summed E-state index contributed by atoms with van der Waals surface area (Å²) in [6.07, 6.45) is 0.798. The number of rotatable bonds is 7. The third-order valence-electron chi connectivity index (χ3n) is 3.09. The lowest BCUT2D eigenvalue weighted by Crippen LogP contribution is -2.27. The highest BCUT2D eigenvalue weighted by Crippen LogP contribution is 2.26. The summed E-state index contributed by atoms with van der Waals surface area (Å²) in [6, 6.07) is 15.4. The minimum Gasteiger partial charge on any atom is -0.497 e. The second kappa shape index (κ2) is 8.71. The van der Waals surface area contributed by atoms with Crippen molar-refractivity contribution in [1.29, 1.82) is 0 Å². The number of halogens is 1. The number of carbonyl (C=O) groups is 1. The maximum atomic E-state index is 11.8. The van der Waals surface area contributed by atoms with E-state index in [1.165, 1.54) is 17.3 Å². The fourth-order valence-corrected chi connectivity index (χ4v) is 2.96. The molecule has 3 nitrogen and oxygen atoms in total. The quantitative estimate of drug-likeness (QED) is 0.782. The zero-order valence-corrected chi connectivity index (χ0v) is 13.9. The van der Waals surface area contributed by atoms with E-state index in [1.54, 1.807) is 7.11 Å². The zero-order valence-electron chi connectivity index (χ0n) is 12.3. The Kier molecular flexibility index (Phi) is 6.62. The molecule has 0 fully saturated rings. The summed E-state index contributed by atoms with van der Waals surface area (Å²) in [5, 5.41) is 3.59. The second-order valence-corrected chi connectivity index (χ2v) is 6.09. The Morgan fingerprint density at radius 2 is 1.91 bits per heavy atom. The summed E-state index contributed by atoms with van der Waals surface area (Å²) in [5.74, 6) is 1.22. The van der Waals surface area contributed by atoms with E-state index in [4.69, 9.17) is 16.3 Å². The van der Waals surface area contributed by atoms with Crippen molar-refractivity contribution in [2.75, 3.05) is 19.4 Å². The predicted octanol–water partition coefficient (Wildman–Crippen LogP) is 3.80. The van der Waals surface area contributed by atoms with Crippen LogP contribution in [0.3, 0.4) is 0 Å². The molecule has 0 saturated carbocycles. The molecule has 0 atom stereocenters. The fourth-order valence-electron chi connectivity index (χ4n) is 1.89. The Morgan fingerprint density at radius 3 is 2.59 bits per heavy atom. The van der Waals surface area contributed by atoms with Gasteiger partial charge in [0.25, 0.3) is 0 Å². The molecule has 1 amide bonds. The summed E-state index contributed by atoms with van der Waals surface area (Å²) < 4.78 is 5.11. The van der Waals surface area contributed by atoms with Crippen molar-refractivity contribution < 1.29 is 9.53 Å². The van der Waals surface area contributed by atoms with Gasteiger partial charge in [-0.25, -0.2) is 0 Å². The van der Waals surface area contributed by atoms with Gasteiger partial charge in [0.1, 0.15) is 5.75 Å². The number of hydrogen-bond acceptors (Lipinski definition) is 3. The van der Waals surface area contributed by atoms with Crippen LogP contribution in [0.15, 0.2) is 53.4 Å². The van der Waals surface area contributed by atoms with E-state index in [-0.39, 0.29) is 5.91 Å². The van der Waals surface area contributed by atoms with Crippen molar-refractivity contribution in [2.24, 2.45) is 0 Å². The lowest BCUT2D eigenvalue weighted by Gasteiger charge is -2.07. The van der Waals surface area contributed by atoms with Gasteiger partial charge in [-0.1, -0.05) is 35.9 Å². The second-order valence-electron chi connectivity index (χ2n) is 4.67. The third kappa shape index (κ3) is 5.28. The van der Waals surface area contributed by atoms with Gasteiger partial charge in [-0.3, -0.25) is 4.79 Å². The molecule has 22 heavy (non-hydrogen) atoms. The topological polar surface area (TPSA) is 38.3 Å². The van der Waals surface area contributed by atoms with Gasteiger partial charge in [-0.2, -0.15) is 0 Å². The maximum Gasteiger partial charge on any atom is 0.230 e. The van der Waals surface area contributed by atoms with Crippen LogP contribution in [-0.4, -0.2) is 25.3 Å². The number of ether oxygens (including phenoxy) is 1. The molecule has 0 saturated heterocycles. The molecule has 1 N–H and O–H groups in total. The summed E-state index contributed by atoms with van der Waals surface area (Å²) in [6.45, 7) is 0.619. The van der Waals surface area contributed by atoms with Crippen molar-refractivity contribution in [3.8, 4) is 5.75 Å². The van der Waals surface area contributed by atoms with Crippen LogP contribution in [0, 0.1) is 0 Å². The highest BCUT2D eigenvalue weighted by molar-refractivity contribution is 8.00. The number of thioether (sulfide) groups is 1. The number of amides is 1. The van der Waals surface area contributed by atoms with Gasteiger partial charge >= 0.3 is 0 Å². The van der Waals surface area contributed by atoms with Gasteiger partial charge in [-0.05, 0) is 36.2 Å². The van der Waals surface area contributed by atoms with Crippen molar-refractivity contribution >= 4 is 29.3 Å². The summed E-state index contributed by atoms with van der Waals surface area (Å²) in [4.78, 5) is 12.7. The molecule has 0 heterocycles. The first kappa shape index (κ1) is 16.7. The predicted molar refractivity (Wildman–Crippen MR) is 91.9 cm³/mol. The first-order valence-electron chi connectivity index (χ1n) is 6.96. The van der Waals surface area contributed by atoms with Crippen LogP contribution in [-0.2, 0) is 11.2 Å². The number of hydrogen-bond donors (Lipinski definition) is 1. The Bertz CT molecular complexity index is 616. The van der Waals surface area contributed by atoms with Crippen molar-refractivity contribution in [3.63, 3.8) is 0 Å². The van der Waals surface area contributed by atoms with Crippen LogP contribution < -0.4 is 10.1 Å². The van der Waals surface area contributed by atoms with Crippen LogP contribution in [0.25, 0.3) is 0 Å². The standard InChI is InChI=1S/C17H18ClNO2S/c1-21-14-8-6-13(7-9-14)10-11-19-17(20)12-22-16-5-3-2-4-15(16)18/h2-9H,10-12H2,1H3,(H,19,20). The normalized spacial score (nSPS) is 10.3. The average molecular weight is 336 g/mol. The van der Waals surface area contributed by atoms with Crippen LogP contribution in [0.4, 0.5) is 0 Å². The molecule has 2 aromatic rings. The largest absolute Gasteiger partial charge is 0.497 e. The molecular formula is C17H18ClNO2S. The monoisotopic (exact) mass is 335 g/mol. The summed E-state index contributed by atoms with van der Waals surface area (Å²) in [7, 11) is 1.64. The molecule has 116 valence electrons. The number of nitrogens with one attached hydrogen (secondary N) is 1. The molecule has 0 radical (unpaired) electrons. The molecule has 2 rings (SSSR count). The van der Waals surface area contributed by atoms with Crippen molar-refractivity contribution in [2.45, 2.75) is 11.3 Å². The molecule has 0 bridgehead atoms. The molecule has 0 aliphatic rings. The third-order valence-corrected chi connectivity index (χ3v) is 4.61. The molecule has 0 aromatic heterocycles. The zero-order chi connectivity index (χ0) is 15.8. The van der Waals surface area contributed by atoms with Crippen molar-refractivity contribution in [3.05, 3.63) is 59.1 Å². The summed E-state index contributed by atoms with van der Waals surface area (Å²) in [5.41, 5.74) is 1.17. The van der Waals surface area contributed by atoms with Crippen LogP contribution >= 0.6 is 23.4 Å². The smallest absolute Gasteiger partial charge is 0.230 e. The van der Waals surface area contributed by atoms with Gasteiger partial charge in [0.2, 0.25) is 5.91 Å². The number of carbonyl (C=O) groups excluding carboxylic acids is 1.